The van der Waals surface area contributed by atoms with E-state index in [4.69, 9.17) is 11.6 Å². The summed E-state index contributed by atoms with van der Waals surface area (Å²) in [6.07, 6.45) is 0. The van der Waals surface area contributed by atoms with E-state index in [0.717, 1.165) is 17.1 Å². The number of hydrogen-bond acceptors (Lipinski definition) is 1. The molecule has 0 heterocycles. The molecule has 2 heteroatoms. The van der Waals surface area contributed by atoms with Crippen LogP contribution in [0.2, 0.25) is 5.02 Å². The zero-order valence-electron chi connectivity index (χ0n) is 12.0. The summed E-state index contributed by atoms with van der Waals surface area (Å²) in [6, 6.07) is 12.8. The molecule has 0 atom stereocenters. The van der Waals surface area contributed by atoms with Gasteiger partial charge >= 0.3 is 0 Å². The summed E-state index contributed by atoms with van der Waals surface area (Å²) in [5, 5.41) is 0.823. The van der Waals surface area contributed by atoms with Crippen molar-refractivity contribution in [3.05, 3.63) is 63.7 Å². The third-order valence-electron chi connectivity index (χ3n) is 3.57. The molecule has 100 valence electrons. The summed E-state index contributed by atoms with van der Waals surface area (Å²) in [7, 11) is 2.11. The molecule has 2 aromatic rings. The molecule has 0 fully saturated rings. The van der Waals surface area contributed by atoms with E-state index in [-0.39, 0.29) is 0 Å². The zero-order chi connectivity index (χ0) is 14.0. The van der Waals surface area contributed by atoms with Crippen LogP contribution in [0.4, 0.5) is 5.69 Å². The number of benzene rings is 2. The number of hydrogen-bond donors (Lipinski definition) is 0. The van der Waals surface area contributed by atoms with Gasteiger partial charge in [0, 0.05) is 24.3 Å². The molecule has 0 spiro atoms. The van der Waals surface area contributed by atoms with Crippen molar-refractivity contribution < 1.29 is 0 Å². The largest absolute Gasteiger partial charge is 0.370 e. The molecule has 0 saturated heterocycles. The van der Waals surface area contributed by atoms with Crippen LogP contribution in [-0.2, 0) is 6.54 Å². The Balaban J connectivity index is 2.17. The molecule has 0 radical (unpaired) electrons. The second-order valence-corrected chi connectivity index (χ2v) is 5.62. The molecule has 0 aromatic heterocycles. The van der Waals surface area contributed by atoms with Gasteiger partial charge in [-0.15, -0.1) is 0 Å². The van der Waals surface area contributed by atoms with Gasteiger partial charge in [0.2, 0.25) is 0 Å². The first kappa shape index (κ1) is 14.0. The van der Waals surface area contributed by atoms with Crippen LogP contribution in [0.25, 0.3) is 0 Å². The maximum atomic E-state index is 6.07. The second-order valence-electron chi connectivity index (χ2n) is 5.21. The molecule has 1 nitrogen and oxygen atoms in total. The highest BCUT2D eigenvalue weighted by atomic mass is 35.5. The van der Waals surface area contributed by atoms with Gasteiger partial charge in [-0.2, -0.15) is 0 Å². The molecular formula is C17H20ClN. The molecule has 0 bridgehead atoms. The Morgan fingerprint density at radius 1 is 0.895 bits per heavy atom. The fourth-order valence-corrected chi connectivity index (χ4v) is 2.25. The van der Waals surface area contributed by atoms with Gasteiger partial charge in [0.25, 0.3) is 0 Å². The lowest BCUT2D eigenvalue weighted by molar-refractivity contribution is 0.919. The van der Waals surface area contributed by atoms with E-state index < -0.39 is 0 Å². The van der Waals surface area contributed by atoms with Crippen molar-refractivity contribution in [1.29, 1.82) is 0 Å². The lowest BCUT2D eigenvalue weighted by Crippen LogP contribution is -2.16. The number of rotatable bonds is 3. The topological polar surface area (TPSA) is 3.24 Å². The van der Waals surface area contributed by atoms with E-state index in [1.807, 2.05) is 13.0 Å². The van der Waals surface area contributed by atoms with Crippen LogP contribution >= 0.6 is 11.6 Å². The second kappa shape index (κ2) is 5.66. The van der Waals surface area contributed by atoms with Crippen molar-refractivity contribution in [2.45, 2.75) is 27.3 Å². The predicted molar refractivity (Wildman–Crippen MR) is 84.2 cm³/mol. The van der Waals surface area contributed by atoms with Crippen LogP contribution < -0.4 is 4.90 Å². The van der Waals surface area contributed by atoms with Gasteiger partial charge in [-0.3, -0.25) is 0 Å². The van der Waals surface area contributed by atoms with Gasteiger partial charge in [-0.25, -0.2) is 0 Å². The highest BCUT2D eigenvalue weighted by Crippen LogP contribution is 2.23. The number of nitrogens with zero attached hydrogens (tertiary/aromatic N) is 1. The SMILES string of the molecule is Cc1ccc(CN(C)c2ccc(Cl)c(C)c2)cc1C. The molecule has 0 N–H and O–H groups in total. The Kier molecular flexibility index (Phi) is 4.16. The minimum atomic E-state index is 0.823. The molecular weight excluding hydrogens is 254 g/mol. The summed E-state index contributed by atoms with van der Waals surface area (Å²) >= 11 is 6.07. The van der Waals surface area contributed by atoms with Crippen LogP contribution in [0.3, 0.4) is 0 Å². The summed E-state index contributed by atoms with van der Waals surface area (Å²) in [5.74, 6) is 0. The number of anilines is 1. The van der Waals surface area contributed by atoms with Crippen molar-refractivity contribution in [3.8, 4) is 0 Å². The predicted octanol–water partition coefficient (Wildman–Crippen LogP) is 4.90. The van der Waals surface area contributed by atoms with Crippen LogP contribution in [0.15, 0.2) is 36.4 Å². The zero-order valence-corrected chi connectivity index (χ0v) is 12.8. The molecule has 2 rings (SSSR count). The average molecular weight is 274 g/mol. The fourth-order valence-electron chi connectivity index (χ4n) is 2.13. The van der Waals surface area contributed by atoms with E-state index in [1.165, 1.54) is 22.4 Å². The van der Waals surface area contributed by atoms with Crippen LogP contribution in [0.1, 0.15) is 22.3 Å². The molecule has 0 unspecified atom stereocenters. The van der Waals surface area contributed by atoms with Gasteiger partial charge in [0.15, 0.2) is 0 Å². The van der Waals surface area contributed by atoms with Crippen molar-refractivity contribution in [2.24, 2.45) is 0 Å². The Morgan fingerprint density at radius 2 is 1.63 bits per heavy atom. The van der Waals surface area contributed by atoms with E-state index in [2.05, 4.69) is 56.1 Å². The van der Waals surface area contributed by atoms with E-state index in [9.17, 15) is 0 Å². The summed E-state index contributed by atoms with van der Waals surface area (Å²) in [5.41, 5.74) is 6.33. The molecule has 0 saturated carbocycles. The van der Waals surface area contributed by atoms with E-state index >= 15 is 0 Å². The maximum Gasteiger partial charge on any atom is 0.0436 e. The fraction of sp³-hybridized carbons (Fsp3) is 0.294. The Hall–Kier alpha value is -1.47. The Labute approximate surface area is 120 Å². The molecule has 19 heavy (non-hydrogen) atoms. The molecule has 0 aliphatic rings. The van der Waals surface area contributed by atoms with Gasteiger partial charge in [-0.1, -0.05) is 29.8 Å². The van der Waals surface area contributed by atoms with Gasteiger partial charge in [-0.05, 0) is 61.2 Å². The van der Waals surface area contributed by atoms with Crippen molar-refractivity contribution >= 4 is 17.3 Å². The third kappa shape index (κ3) is 3.30. The van der Waals surface area contributed by atoms with Gasteiger partial charge in [0.05, 0.1) is 0 Å². The third-order valence-corrected chi connectivity index (χ3v) is 4.00. The Morgan fingerprint density at radius 3 is 2.26 bits per heavy atom. The average Bonchev–Trinajstić information content (AvgIpc) is 2.37. The van der Waals surface area contributed by atoms with Gasteiger partial charge < -0.3 is 4.90 Å². The van der Waals surface area contributed by atoms with Crippen molar-refractivity contribution in [1.82, 2.24) is 0 Å². The first-order valence-corrected chi connectivity index (χ1v) is 6.88. The lowest BCUT2D eigenvalue weighted by atomic mass is 10.1. The molecule has 2 aromatic carbocycles. The first-order valence-electron chi connectivity index (χ1n) is 6.51. The van der Waals surface area contributed by atoms with Crippen LogP contribution in [0, 0.1) is 20.8 Å². The lowest BCUT2D eigenvalue weighted by Gasteiger charge is -2.20. The monoisotopic (exact) mass is 273 g/mol. The minimum Gasteiger partial charge on any atom is -0.370 e. The number of halogens is 1. The quantitative estimate of drug-likeness (QED) is 0.769. The highest BCUT2D eigenvalue weighted by molar-refractivity contribution is 6.31. The van der Waals surface area contributed by atoms with E-state index in [1.54, 1.807) is 0 Å². The van der Waals surface area contributed by atoms with Gasteiger partial charge in [0.1, 0.15) is 0 Å². The van der Waals surface area contributed by atoms with E-state index in [0.29, 0.717) is 0 Å². The van der Waals surface area contributed by atoms with Crippen molar-refractivity contribution in [2.75, 3.05) is 11.9 Å². The maximum absolute atomic E-state index is 6.07. The van der Waals surface area contributed by atoms with Crippen LogP contribution in [-0.4, -0.2) is 7.05 Å². The standard InChI is InChI=1S/C17H20ClN/c1-12-5-6-15(9-13(12)2)11-19(4)16-7-8-17(18)14(3)10-16/h5-10H,11H2,1-4H3. The normalized spacial score (nSPS) is 10.6. The first-order chi connectivity index (χ1) is 8.97. The number of aryl methyl sites for hydroxylation is 3. The smallest absolute Gasteiger partial charge is 0.0436 e. The van der Waals surface area contributed by atoms with Crippen molar-refractivity contribution in [3.63, 3.8) is 0 Å². The summed E-state index contributed by atoms with van der Waals surface area (Å²) in [6.45, 7) is 7.24. The molecule has 0 aliphatic heterocycles. The highest BCUT2D eigenvalue weighted by Gasteiger charge is 2.05. The molecule has 0 amide bonds. The molecule has 0 aliphatic carbocycles. The Bertz CT molecular complexity index is 590. The van der Waals surface area contributed by atoms with Crippen LogP contribution in [0.5, 0.6) is 0 Å². The summed E-state index contributed by atoms with van der Waals surface area (Å²) < 4.78 is 0. The minimum absolute atomic E-state index is 0.823. The summed E-state index contributed by atoms with van der Waals surface area (Å²) in [4.78, 5) is 2.24.